The van der Waals surface area contributed by atoms with E-state index in [1.165, 1.54) is 30.4 Å². The summed E-state index contributed by atoms with van der Waals surface area (Å²) in [5.41, 5.74) is 5.81. The number of benzene rings is 2. The van der Waals surface area contributed by atoms with Crippen molar-refractivity contribution >= 4 is 11.6 Å². The number of ether oxygens (including phenoxy) is 2. The van der Waals surface area contributed by atoms with Gasteiger partial charge in [0.2, 0.25) is 0 Å². The Labute approximate surface area is 182 Å². The summed E-state index contributed by atoms with van der Waals surface area (Å²) in [4.78, 5) is 0. The van der Waals surface area contributed by atoms with Gasteiger partial charge >= 0.3 is 0 Å². The maximum Gasteiger partial charge on any atom is 0.141 e. The van der Waals surface area contributed by atoms with Gasteiger partial charge in [-0.15, -0.1) is 0 Å². The lowest BCUT2D eigenvalue weighted by molar-refractivity contribution is -0.114. The van der Waals surface area contributed by atoms with Crippen LogP contribution >= 0.6 is 11.6 Å². The van der Waals surface area contributed by atoms with Crippen molar-refractivity contribution in [1.29, 1.82) is 0 Å². The molecule has 2 aromatic rings. The Balaban J connectivity index is 1.44. The van der Waals surface area contributed by atoms with E-state index in [9.17, 15) is 10.2 Å². The van der Waals surface area contributed by atoms with Gasteiger partial charge in [-0.05, 0) is 47.4 Å². The van der Waals surface area contributed by atoms with Crippen LogP contribution in [0.1, 0.15) is 71.9 Å². The number of aliphatic hydroxyl groups is 2. The summed E-state index contributed by atoms with van der Waals surface area (Å²) in [6.07, 6.45) is 5.41. The van der Waals surface area contributed by atoms with Crippen molar-refractivity contribution < 1.29 is 19.7 Å². The molecule has 3 unspecified atom stereocenters. The van der Waals surface area contributed by atoms with Gasteiger partial charge in [-0.3, -0.25) is 0 Å². The fourth-order valence-electron chi connectivity index (χ4n) is 5.00. The summed E-state index contributed by atoms with van der Waals surface area (Å²) in [6.45, 7) is 0.528. The van der Waals surface area contributed by atoms with Crippen molar-refractivity contribution in [3.8, 4) is 5.75 Å². The van der Waals surface area contributed by atoms with Gasteiger partial charge in [-0.25, -0.2) is 0 Å². The molecule has 0 spiro atoms. The molecule has 4 nitrogen and oxygen atoms in total. The third kappa shape index (κ3) is 3.87. The van der Waals surface area contributed by atoms with Crippen molar-refractivity contribution in [1.82, 2.24) is 0 Å². The van der Waals surface area contributed by atoms with Crippen molar-refractivity contribution in [3.05, 3.63) is 63.2 Å². The predicted molar refractivity (Wildman–Crippen MR) is 116 cm³/mol. The summed E-state index contributed by atoms with van der Waals surface area (Å²) in [5.74, 6) is 1.50. The Bertz CT molecular complexity index is 906. The van der Waals surface area contributed by atoms with E-state index in [1.54, 1.807) is 0 Å². The lowest BCUT2D eigenvalue weighted by Gasteiger charge is -2.33. The Kier molecular flexibility index (Phi) is 5.76. The van der Waals surface area contributed by atoms with Gasteiger partial charge in [0.15, 0.2) is 0 Å². The minimum absolute atomic E-state index is 0.0833. The van der Waals surface area contributed by atoms with Crippen LogP contribution in [0.25, 0.3) is 0 Å². The number of rotatable bonds is 5. The van der Waals surface area contributed by atoms with Crippen LogP contribution in [0.4, 0.5) is 0 Å². The molecule has 2 fully saturated rings. The molecule has 3 atom stereocenters. The molecule has 2 aliphatic heterocycles. The molecule has 30 heavy (non-hydrogen) atoms. The van der Waals surface area contributed by atoms with Crippen molar-refractivity contribution in [3.63, 3.8) is 0 Å². The van der Waals surface area contributed by atoms with Crippen LogP contribution in [0, 0.1) is 0 Å². The zero-order valence-corrected chi connectivity index (χ0v) is 17.9. The smallest absolute Gasteiger partial charge is 0.141 e. The SMILES string of the molecule is OCC1CC(O)CC(c2cc(Cc3ccc(C4CCC4)cc3)c(Cl)c3c2CCO3)O1. The molecule has 3 aliphatic rings. The largest absolute Gasteiger partial charge is 0.491 e. The molecule has 0 amide bonds. The second-order valence-electron chi connectivity index (χ2n) is 8.95. The lowest BCUT2D eigenvalue weighted by atomic mass is 9.80. The Hall–Kier alpha value is -1.59. The van der Waals surface area contributed by atoms with Crippen LogP contribution in [-0.2, 0) is 17.6 Å². The topological polar surface area (TPSA) is 58.9 Å². The van der Waals surface area contributed by atoms with E-state index < -0.39 is 6.10 Å². The van der Waals surface area contributed by atoms with Gasteiger partial charge in [0, 0.05) is 24.8 Å². The molecule has 2 heterocycles. The standard InChI is InChI=1S/C25H29ClO4/c26-24-18(10-15-4-6-17(7-5-15)16-2-1-3-16)11-22(21-8-9-29-25(21)24)23-13-19(28)12-20(14-27)30-23/h4-7,11,16,19-20,23,27-28H,1-3,8-10,12-14H2. The fourth-order valence-corrected chi connectivity index (χ4v) is 5.29. The average Bonchev–Trinajstić information content (AvgIpc) is 3.20. The van der Waals surface area contributed by atoms with E-state index in [0.717, 1.165) is 41.2 Å². The summed E-state index contributed by atoms with van der Waals surface area (Å²) >= 11 is 6.76. The van der Waals surface area contributed by atoms with Crippen LogP contribution in [0.5, 0.6) is 5.75 Å². The molecule has 2 aromatic carbocycles. The number of aliphatic hydroxyl groups excluding tert-OH is 2. The third-order valence-electron chi connectivity index (χ3n) is 6.91. The predicted octanol–water partition coefficient (Wildman–Crippen LogP) is 4.71. The normalized spacial score (nSPS) is 26.2. The van der Waals surface area contributed by atoms with Gasteiger partial charge in [0.05, 0.1) is 36.5 Å². The number of fused-ring (bicyclic) bond motifs is 1. The van der Waals surface area contributed by atoms with E-state index in [1.807, 2.05) is 0 Å². The maximum atomic E-state index is 10.3. The van der Waals surface area contributed by atoms with E-state index in [-0.39, 0.29) is 18.8 Å². The molecule has 5 heteroatoms. The van der Waals surface area contributed by atoms with E-state index in [4.69, 9.17) is 21.1 Å². The first-order chi connectivity index (χ1) is 14.6. The second-order valence-corrected chi connectivity index (χ2v) is 9.32. The summed E-state index contributed by atoms with van der Waals surface area (Å²) in [7, 11) is 0. The molecular formula is C25H29ClO4. The van der Waals surface area contributed by atoms with Crippen LogP contribution in [0.2, 0.25) is 5.02 Å². The zero-order valence-electron chi connectivity index (χ0n) is 17.1. The Morgan fingerprint density at radius 1 is 1.10 bits per heavy atom. The van der Waals surface area contributed by atoms with E-state index in [0.29, 0.717) is 24.5 Å². The third-order valence-corrected chi connectivity index (χ3v) is 7.33. The van der Waals surface area contributed by atoms with Crippen molar-refractivity contribution in [2.45, 2.75) is 69.2 Å². The monoisotopic (exact) mass is 428 g/mol. The Morgan fingerprint density at radius 2 is 1.90 bits per heavy atom. The van der Waals surface area contributed by atoms with Gasteiger partial charge in [-0.2, -0.15) is 0 Å². The highest BCUT2D eigenvalue weighted by Gasteiger charge is 2.33. The lowest BCUT2D eigenvalue weighted by Crippen LogP contribution is -2.33. The molecule has 0 aromatic heterocycles. The van der Waals surface area contributed by atoms with Crippen LogP contribution < -0.4 is 4.74 Å². The van der Waals surface area contributed by atoms with E-state index >= 15 is 0 Å². The van der Waals surface area contributed by atoms with E-state index in [2.05, 4.69) is 30.3 Å². The summed E-state index contributed by atoms with van der Waals surface area (Å²) < 4.78 is 12.0. The number of halogens is 1. The second kappa shape index (κ2) is 8.51. The first kappa shape index (κ1) is 20.3. The minimum Gasteiger partial charge on any atom is -0.491 e. The first-order valence-corrected chi connectivity index (χ1v) is 11.5. The quantitative estimate of drug-likeness (QED) is 0.724. The maximum absolute atomic E-state index is 10.3. The molecule has 0 bridgehead atoms. The van der Waals surface area contributed by atoms with Crippen LogP contribution in [-0.4, -0.2) is 35.6 Å². The average molecular weight is 429 g/mol. The van der Waals surface area contributed by atoms with Gasteiger partial charge in [0.1, 0.15) is 5.75 Å². The van der Waals surface area contributed by atoms with Crippen molar-refractivity contribution in [2.75, 3.05) is 13.2 Å². The summed E-state index contributed by atoms with van der Waals surface area (Å²) in [5, 5.41) is 20.5. The Morgan fingerprint density at radius 3 is 2.60 bits per heavy atom. The molecular weight excluding hydrogens is 400 g/mol. The highest BCUT2D eigenvalue weighted by atomic mass is 35.5. The molecule has 1 aliphatic carbocycles. The molecule has 160 valence electrons. The molecule has 2 N–H and O–H groups in total. The van der Waals surface area contributed by atoms with Gasteiger partial charge in [0.25, 0.3) is 0 Å². The summed E-state index contributed by atoms with van der Waals surface area (Å²) in [6, 6.07) is 11.1. The molecule has 1 saturated carbocycles. The molecule has 5 rings (SSSR count). The highest BCUT2D eigenvalue weighted by molar-refractivity contribution is 6.33. The highest BCUT2D eigenvalue weighted by Crippen LogP contribution is 2.44. The van der Waals surface area contributed by atoms with Crippen LogP contribution in [0.3, 0.4) is 0 Å². The zero-order chi connectivity index (χ0) is 20.7. The first-order valence-electron chi connectivity index (χ1n) is 11.1. The number of hydrogen-bond acceptors (Lipinski definition) is 4. The van der Waals surface area contributed by atoms with Crippen LogP contribution in [0.15, 0.2) is 30.3 Å². The van der Waals surface area contributed by atoms with Gasteiger partial charge < -0.3 is 19.7 Å². The molecule has 0 radical (unpaired) electrons. The number of hydrogen-bond donors (Lipinski definition) is 2. The fraction of sp³-hybridized carbons (Fsp3) is 0.520. The van der Waals surface area contributed by atoms with Gasteiger partial charge in [-0.1, -0.05) is 48.4 Å². The van der Waals surface area contributed by atoms with Crippen molar-refractivity contribution in [2.24, 2.45) is 0 Å². The minimum atomic E-state index is -0.475. The molecule has 1 saturated heterocycles.